The van der Waals surface area contributed by atoms with Gasteiger partial charge in [-0.2, -0.15) is 0 Å². The van der Waals surface area contributed by atoms with Gasteiger partial charge in [0, 0.05) is 18.0 Å². The van der Waals surface area contributed by atoms with Gasteiger partial charge in [-0.1, -0.05) is 11.6 Å². The zero-order chi connectivity index (χ0) is 16.5. The first kappa shape index (κ1) is 16.5. The quantitative estimate of drug-likeness (QED) is 0.921. The second kappa shape index (κ2) is 6.12. The van der Waals surface area contributed by atoms with E-state index in [9.17, 15) is 14.0 Å². The van der Waals surface area contributed by atoms with Crippen LogP contribution in [0.2, 0.25) is 5.02 Å². The number of ether oxygens (including phenoxy) is 1. The number of rotatable bonds is 4. The van der Waals surface area contributed by atoms with E-state index in [4.69, 9.17) is 21.4 Å². The Hall–Kier alpha value is -1.82. The summed E-state index contributed by atoms with van der Waals surface area (Å²) in [6, 6.07) is 3.42. The number of benzene rings is 1. The van der Waals surface area contributed by atoms with Gasteiger partial charge in [0.15, 0.2) is 6.61 Å². The van der Waals surface area contributed by atoms with E-state index in [2.05, 4.69) is 0 Å². The zero-order valence-electron chi connectivity index (χ0n) is 12.4. The van der Waals surface area contributed by atoms with Crippen LogP contribution in [0.3, 0.4) is 0 Å². The Morgan fingerprint density at radius 3 is 2.50 bits per heavy atom. The summed E-state index contributed by atoms with van der Waals surface area (Å²) in [6.07, 6.45) is -0.201. The highest BCUT2D eigenvalue weighted by Gasteiger charge is 2.46. The lowest BCUT2D eigenvalue weighted by molar-refractivity contribution is -0.150. The van der Waals surface area contributed by atoms with Crippen molar-refractivity contribution >= 4 is 23.5 Å². The van der Waals surface area contributed by atoms with Crippen molar-refractivity contribution in [1.82, 2.24) is 4.90 Å². The summed E-state index contributed by atoms with van der Waals surface area (Å²) in [6.45, 7) is 3.02. The first-order chi connectivity index (χ1) is 10.2. The third-order valence-corrected chi connectivity index (χ3v) is 4.32. The highest BCUT2D eigenvalue weighted by atomic mass is 35.5. The molecule has 0 aliphatic carbocycles. The van der Waals surface area contributed by atoms with Gasteiger partial charge in [-0.25, -0.2) is 9.18 Å². The van der Waals surface area contributed by atoms with E-state index in [1.165, 1.54) is 4.90 Å². The molecule has 0 radical (unpaired) electrons. The van der Waals surface area contributed by atoms with Crippen LogP contribution in [-0.2, 0) is 9.59 Å². The van der Waals surface area contributed by atoms with Gasteiger partial charge in [0.1, 0.15) is 5.75 Å². The molecule has 1 aliphatic rings. The number of aryl methyl sites for hydroxylation is 2. The summed E-state index contributed by atoms with van der Waals surface area (Å²) in [5.41, 5.74) is -0.693. The fourth-order valence-corrected chi connectivity index (χ4v) is 2.50. The Labute approximate surface area is 132 Å². The largest absolute Gasteiger partial charge is 0.484 e. The summed E-state index contributed by atoms with van der Waals surface area (Å²) >= 11 is 6.05. The third-order valence-electron chi connectivity index (χ3n) is 3.73. The topological polar surface area (TPSA) is 66.8 Å². The molecular weight excluding hydrogens is 313 g/mol. The molecule has 5 nitrogen and oxygen atoms in total. The number of aliphatic carboxylic acids is 1. The molecule has 1 heterocycles. The van der Waals surface area contributed by atoms with Crippen LogP contribution in [-0.4, -0.2) is 47.2 Å². The van der Waals surface area contributed by atoms with Crippen LogP contribution in [0.15, 0.2) is 12.1 Å². The monoisotopic (exact) mass is 329 g/mol. The Morgan fingerprint density at radius 2 is 2.00 bits per heavy atom. The number of carboxylic acids is 1. The minimum atomic E-state index is -2.36. The number of alkyl halides is 1. The Kier molecular flexibility index (Phi) is 4.60. The van der Waals surface area contributed by atoms with Crippen molar-refractivity contribution in [3.63, 3.8) is 0 Å². The van der Waals surface area contributed by atoms with Crippen LogP contribution >= 0.6 is 11.6 Å². The van der Waals surface area contributed by atoms with E-state index >= 15 is 0 Å². The lowest BCUT2D eigenvalue weighted by atomic mass is 10.1. The molecule has 1 fully saturated rings. The van der Waals surface area contributed by atoms with Crippen LogP contribution in [0.5, 0.6) is 5.75 Å². The maximum atomic E-state index is 13.9. The SMILES string of the molecule is Cc1cc(OCC(=O)N2CCC(F)(C(=O)O)C2)cc(C)c1Cl. The van der Waals surface area contributed by atoms with E-state index in [1.54, 1.807) is 12.1 Å². The molecule has 1 atom stereocenters. The molecule has 2 rings (SSSR count). The minimum Gasteiger partial charge on any atom is -0.484 e. The average Bonchev–Trinajstić information content (AvgIpc) is 2.86. The Bertz CT molecular complexity index is 599. The zero-order valence-corrected chi connectivity index (χ0v) is 13.1. The predicted octanol–water partition coefficient (Wildman–Crippen LogP) is 2.36. The fourth-order valence-electron chi connectivity index (χ4n) is 2.39. The smallest absolute Gasteiger partial charge is 0.343 e. The van der Waals surface area contributed by atoms with Gasteiger partial charge >= 0.3 is 5.97 Å². The van der Waals surface area contributed by atoms with Crippen molar-refractivity contribution in [2.75, 3.05) is 19.7 Å². The van der Waals surface area contributed by atoms with Gasteiger partial charge in [0.2, 0.25) is 5.67 Å². The Balaban J connectivity index is 1.95. The summed E-state index contributed by atoms with van der Waals surface area (Å²) < 4.78 is 19.3. The number of halogens is 2. The first-order valence-corrected chi connectivity index (χ1v) is 7.20. The van der Waals surface area contributed by atoms with Gasteiger partial charge in [0.25, 0.3) is 5.91 Å². The van der Waals surface area contributed by atoms with E-state index in [0.717, 1.165) is 11.1 Å². The molecule has 0 bridgehead atoms. The Morgan fingerprint density at radius 1 is 1.41 bits per heavy atom. The molecule has 1 saturated heterocycles. The summed E-state index contributed by atoms with van der Waals surface area (Å²) in [4.78, 5) is 24.0. The van der Waals surface area contributed by atoms with Crippen molar-refractivity contribution in [3.05, 3.63) is 28.3 Å². The van der Waals surface area contributed by atoms with Gasteiger partial charge in [-0.3, -0.25) is 4.79 Å². The van der Waals surface area contributed by atoms with Crippen molar-refractivity contribution in [2.45, 2.75) is 25.9 Å². The number of hydrogen-bond acceptors (Lipinski definition) is 3. The number of carbonyl (C=O) groups is 2. The van der Waals surface area contributed by atoms with Gasteiger partial charge in [0.05, 0.1) is 6.54 Å². The summed E-state index contributed by atoms with van der Waals surface area (Å²) in [5.74, 6) is -1.48. The molecule has 1 aromatic carbocycles. The molecule has 22 heavy (non-hydrogen) atoms. The van der Waals surface area contributed by atoms with Crippen LogP contribution in [0, 0.1) is 13.8 Å². The van der Waals surface area contributed by atoms with E-state index < -0.39 is 24.1 Å². The first-order valence-electron chi connectivity index (χ1n) is 6.82. The number of carbonyl (C=O) groups excluding carboxylic acids is 1. The second-order valence-electron chi connectivity index (χ2n) is 5.50. The van der Waals surface area contributed by atoms with Crippen LogP contribution < -0.4 is 4.74 Å². The van der Waals surface area contributed by atoms with Crippen LogP contribution in [0.1, 0.15) is 17.5 Å². The van der Waals surface area contributed by atoms with Crippen LogP contribution in [0.4, 0.5) is 4.39 Å². The van der Waals surface area contributed by atoms with Gasteiger partial charge in [-0.05, 0) is 37.1 Å². The normalized spacial score (nSPS) is 21.0. The van der Waals surface area contributed by atoms with Crippen molar-refractivity contribution in [2.24, 2.45) is 0 Å². The number of likely N-dealkylation sites (tertiary alicyclic amines) is 1. The molecular formula is C15H17ClFNO4. The lowest BCUT2D eigenvalue weighted by Crippen LogP contribution is -2.40. The molecule has 1 aliphatic heterocycles. The van der Waals surface area contributed by atoms with Crippen molar-refractivity contribution in [3.8, 4) is 5.75 Å². The van der Waals surface area contributed by atoms with Gasteiger partial charge < -0.3 is 14.7 Å². The second-order valence-corrected chi connectivity index (χ2v) is 5.87. The minimum absolute atomic E-state index is 0.0731. The average molecular weight is 330 g/mol. The molecule has 1 aromatic rings. The lowest BCUT2D eigenvalue weighted by Gasteiger charge is -2.18. The molecule has 0 aromatic heterocycles. The molecule has 7 heteroatoms. The maximum Gasteiger partial charge on any atom is 0.343 e. The number of carboxylic acid groups (broad SMARTS) is 1. The van der Waals surface area contributed by atoms with E-state index in [-0.39, 0.29) is 19.6 Å². The highest BCUT2D eigenvalue weighted by Crippen LogP contribution is 2.27. The molecule has 1 unspecified atom stereocenters. The number of hydrogen-bond donors (Lipinski definition) is 1. The molecule has 1 amide bonds. The van der Waals surface area contributed by atoms with Crippen molar-refractivity contribution in [1.29, 1.82) is 0 Å². The maximum absolute atomic E-state index is 13.9. The highest BCUT2D eigenvalue weighted by molar-refractivity contribution is 6.32. The third kappa shape index (κ3) is 3.32. The molecule has 120 valence electrons. The molecule has 1 N–H and O–H groups in total. The molecule has 0 spiro atoms. The summed E-state index contributed by atoms with van der Waals surface area (Å²) in [7, 11) is 0. The number of nitrogens with zero attached hydrogens (tertiary/aromatic N) is 1. The van der Waals surface area contributed by atoms with Crippen molar-refractivity contribution < 1.29 is 23.8 Å². The predicted molar refractivity (Wildman–Crippen MR) is 79.1 cm³/mol. The van der Waals surface area contributed by atoms with E-state index in [0.29, 0.717) is 10.8 Å². The standard InChI is InChI=1S/C15H17ClFNO4/c1-9-5-11(6-10(2)13(9)16)22-7-12(19)18-4-3-15(17,8-18)14(20)21/h5-6H,3-4,7-8H2,1-2H3,(H,20,21). The number of amides is 1. The fraction of sp³-hybridized carbons (Fsp3) is 0.467. The van der Waals surface area contributed by atoms with Crippen LogP contribution in [0.25, 0.3) is 0 Å². The molecule has 0 saturated carbocycles. The summed E-state index contributed by atoms with van der Waals surface area (Å²) in [5, 5.41) is 9.45. The van der Waals surface area contributed by atoms with E-state index in [1.807, 2.05) is 13.8 Å². The van der Waals surface area contributed by atoms with Gasteiger partial charge in [-0.15, -0.1) is 0 Å².